The van der Waals surface area contributed by atoms with Gasteiger partial charge in [0, 0.05) is 38.6 Å². The van der Waals surface area contributed by atoms with Crippen LogP contribution in [0.5, 0.6) is 0 Å². The van der Waals surface area contributed by atoms with Crippen LogP contribution >= 0.6 is 0 Å². The molecule has 1 N–H and O–H groups in total. The number of hydrogen-bond donors (Lipinski definition) is 1. The fourth-order valence-corrected chi connectivity index (χ4v) is 3.48. The zero-order chi connectivity index (χ0) is 18.1. The number of nitrogens with zero attached hydrogens (tertiary/aromatic N) is 4. The highest BCUT2D eigenvalue weighted by molar-refractivity contribution is 5.76. The van der Waals surface area contributed by atoms with Crippen molar-refractivity contribution in [2.24, 2.45) is 0 Å². The van der Waals surface area contributed by atoms with E-state index in [4.69, 9.17) is 4.74 Å². The van der Waals surface area contributed by atoms with Crippen LogP contribution < -0.4 is 5.32 Å². The number of carbonyl (C=O) groups excluding carboxylic acids is 2. The molecule has 0 saturated carbocycles. The first kappa shape index (κ1) is 16.4. The predicted octanol–water partition coefficient (Wildman–Crippen LogP) is 1.53. The maximum Gasteiger partial charge on any atom is 0.410 e. The van der Waals surface area contributed by atoms with Crippen LogP contribution in [0.1, 0.15) is 11.4 Å². The number of hydrogen-bond acceptors (Lipinski definition) is 4. The van der Waals surface area contributed by atoms with E-state index in [1.54, 1.807) is 16.0 Å². The summed E-state index contributed by atoms with van der Waals surface area (Å²) in [7, 11) is 0. The normalized spacial score (nSPS) is 19.3. The van der Waals surface area contributed by atoms with Gasteiger partial charge in [-0.05, 0) is 18.6 Å². The Morgan fingerprint density at radius 1 is 1.35 bits per heavy atom. The Morgan fingerprint density at radius 2 is 2.19 bits per heavy atom. The molecule has 4 rings (SSSR count). The third-order valence-corrected chi connectivity index (χ3v) is 4.91. The van der Waals surface area contributed by atoms with Crippen molar-refractivity contribution >= 4 is 12.1 Å². The molecule has 1 atom stereocenters. The van der Waals surface area contributed by atoms with Gasteiger partial charge in [-0.25, -0.2) is 14.6 Å². The molecule has 0 unspecified atom stereocenters. The van der Waals surface area contributed by atoms with E-state index in [0.29, 0.717) is 32.8 Å². The third kappa shape index (κ3) is 2.98. The van der Waals surface area contributed by atoms with Crippen molar-refractivity contribution in [3.05, 3.63) is 48.0 Å². The number of cyclic esters (lactones) is 1. The van der Waals surface area contributed by atoms with Gasteiger partial charge in [-0.2, -0.15) is 0 Å². The molecule has 2 aliphatic heterocycles. The highest BCUT2D eigenvalue weighted by Crippen LogP contribution is 2.19. The molecule has 136 valence electrons. The van der Waals surface area contributed by atoms with E-state index in [2.05, 4.69) is 10.3 Å². The Morgan fingerprint density at radius 3 is 3.00 bits per heavy atom. The summed E-state index contributed by atoms with van der Waals surface area (Å²) in [4.78, 5) is 31.8. The van der Waals surface area contributed by atoms with Crippen molar-refractivity contribution in [2.75, 3.05) is 26.2 Å². The minimum atomic E-state index is -0.278. The van der Waals surface area contributed by atoms with Crippen LogP contribution in [0.25, 0.3) is 5.69 Å². The topological polar surface area (TPSA) is 79.7 Å². The molecular formula is C18H21N5O3. The molecule has 0 spiro atoms. The number of carbonyl (C=O) groups is 2. The molecule has 2 aromatic rings. The van der Waals surface area contributed by atoms with Crippen LogP contribution in [0.4, 0.5) is 9.59 Å². The lowest BCUT2D eigenvalue weighted by molar-refractivity contribution is 0.127. The van der Waals surface area contributed by atoms with Crippen molar-refractivity contribution < 1.29 is 14.3 Å². The summed E-state index contributed by atoms with van der Waals surface area (Å²) in [6.45, 7) is 4.25. The maximum atomic E-state index is 12.6. The number of urea groups is 1. The average Bonchev–Trinajstić information content (AvgIpc) is 3.25. The fraction of sp³-hybridized carbons (Fsp3) is 0.389. The Bertz CT molecular complexity index is 834. The molecule has 8 heteroatoms. The van der Waals surface area contributed by atoms with Gasteiger partial charge < -0.3 is 19.5 Å². The minimum absolute atomic E-state index is 0.0390. The molecule has 3 heterocycles. The van der Waals surface area contributed by atoms with Crippen LogP contribution in [0.15, 0.2) is 36.7 Å². The molecule has 2 aliphatic rings. The van der Waals surface area contributed by atoms with E-state index < -0.39 is 0 Å². The number of aryl methyl sites for hydroxylation is 1. The van der Waals surface area contributed by atoms with Crippen molar-refractivity contribution in [1.29, 1.82) is 0 Å². The monoisotopic (exact) mass is 355 g/mol. The summed E-state index contributed by atoms with van der Waals surface area (Å²) in [6, 6.07) is 7.77. The van der Waals surface area contributed by atoms with Crippen LogP contribution in [0.3, 0.4) is 0 Å². The summed E-state index contributed by atoms with van der Waals surface area (Å²) >= 11 is 0. The van der Waals surface area contributed by atoms with Crippen molar-refractivity contribution in [3.8, 4) is 5.69 Å². The number of piperazine rings is 1. The summed E-state index contributed by atoms with van der Waals surface area (Å²) in [5.41, 5.74) is 2.02. The molecule has 0 radical (unpaired) electrons. The van der Waals surface area contributed by atoms with Crippen LogP contribution in [0.2, 0.25) is 0 Å². The van der Waals surface area contributed by atoms with E-state index in [0.717, 1.165) is 17.1 Å². The summed E-state index contributed by atoms with van der Waals surface area (Å²) in [5, 5.41) is 2.99. The average molecular weight is 355 g/mol. The molecule has 8 nitrogen and oxygen atoms in total. The second-order valence-electron chi connectivity index (χ2n) is 6.50. The van der Waals surface area contributed by atoms with Gasteiger partial charge in [0.2, 0.25) is 0 Å². The van der Waals surface area contributed by atoms with E-state index in [-0.39, 0.29) is 18.2 Å². The fourth-order valence-electron chi connectivity index (χ4n) is 3.48. The third-order valence-electron chi connectivity index (χ3n) is 4.91. The highest BCUT2D eigenvalue weighted by Gasteiger charge is 2.38. The Hall–Kier alpha value is -3.03. The second kappa shape index (κ2) is 6.70. The first-order valence-corrected chi connectivity index (χ1v) is 8.68. The van der Waals surface area contributed by atoms with Gasteiger partial charge in [0.05, 0.1) is 11.7 Å². The second-order valence-corrected chi connectivity index (χ2v) is 6.50. The smallest absolute Gasteiger partial charge is 0.410 e. The van der Waals surface area contributed by atoms with Gasteiger partial charge in [0.25, 0.3) is 0 Å². The minimum Gasteiger partial charge on any atom is -0.447 e. The number of para-hydroxylation sites is 1. The quantitative estimate of drug-likeness (QED) is 0.905. The van der Waals surface area contributed by atoms with Crippen molar-refractivity contribution in [2.45, 2.75) is 19.5 Å². The number of aromatic nitrogens is 2. The molecule has 2 fully saturated rings. The predicted molar refractivity (Wildman–Crippen MR) is 94.0 cm³/mol. The van der Waals surface area contributed by atoms with E-state index in [1.807, 2.05) is 42.0 Å². The molecule has 1 aromatic carbocycles. The van der Waals surface area contributed by atoms with Crippen molar-refractivity contribution in [3.63, 3.8) is 0 Å². The number of nitrogens with one attached hydrogen (secondary N) is 1. The van der Waals surface area contributed by atoms with E-state index in [9.17, 15) is 9.59 Å². The van der Waals surface area contributed by atoms with Gasteiger partial charge in [0.15, 0.2) is 0 Å². The Labute approximate surface area is 151 Å². The number of benzene rings is 1. The first-order chi connectivity index (χ1) is 12.6. The van der Waals surface area contributed by atoms with Gasteiger partial charge in [0.1, 0.15) is 12.4 Å². The number of amides is 3. The van der Waals surface area contributed by atoms with Gasteiger partial charge in [-0.15, -0.1) is 0 Å². The largest absolute Gasteiger partial charge is 0.447 e. The number of ether oxygens (including phenoxy) is 1. The van der Waals surface area contributed by atoms with Crippen LogP contribution in [0, 0.1) is 6.92 Å². The summed E-state index contributed by atoms with van der Waals surface area (Å²) in [6.07, 6.45) is 3.39. The molecule has 3 amide bonds. The van der Waals surface area contributed by atoms with Gasteiger partial charge in [-0.1, -0.05) is 18.2 Å². The lowest BCUT2D eigenvalue weighted by Crippen LogP contribution is -2.55. The Kier molecular flexibility index (Phi) is 4.24. The van der Waals surface area contributed by atoms with E-state index >= 15 is 0 Å². The first-order valence-electron chi connectivity index (χ1n) is 8.68. The van der Waals surface area contributed by atoms with Crippen LogP contribution in [-0.2, 0) is 11.3 Å². The lowest BCUT2D eigenvalue weighted by Gasteiger charge is -2.35. The maximum absolute atomic E-state index is 12.6. The molecule has 2 saturated heterocycles. The molecule has 26 heavy (non-hydrogen) atoms. The molecule has 1 aromatic heterocycles. The van der Waals surface area contributed by atoms with E-state index in [1.165, 1.54) is 0 Å². The highest BCUT2D eigenvalue weighted by atomic mass is 16.6. The Balaban J connectivity index is 1.41. The zero-order valence-corrected chi connectivity index (χ0v) is 14.6. The summed E-state index contributed by atoms with van der Waals surface area (Å²) < 4.78 is 7.05. The molecule has 0 bridgehead atoms. The molecule has 0 aliphatic carbocycles. The van der Waals surface area contributed by atoms with Crippen LogP contribution in [-0.4, -0.2) is 63.8 Å². The SMILES string of the molecule is Cc1nccn1-c1ccccc1CNC(=O)N1CCN2C(=O)OC[C@@H]2C1. The summed E-state index contributed by atoms with van der Waals surface area (Å²) in [5.74, 6) is 0.894. The van der Waals surface area contributed by atoms with Crippen molar-refractivity contribution in [1.82, 2.24) is 24.7 Å². The zero-order valence-electron chi connectivity index (χ0n) is 14.6. The van der Waals surface area contributed by atoms with Gasteiger partial charge in [-0.3, -0.25) is 4.90 Å². The lowest BCUT2D eigenvalue weighted by atomic mass is 10.1. The van der Waals surface area contributed by atoms with Gasteiger partial charge >= 0.3 is 12.1 Å². The standard InChI is InChI=1S/C18H21N5O3/c1-13-19-6-7-22(13)16-5-3-2-4-14(16)10-20-17(24)21-8-9-23-15(11-21)12-26-18(23)25/h2-7,15H,8-12H2,1H3,(H,20,24)/t15-/m0/s1. The number of rotatable bonds is 3. The molecular weight excluding hydrogens is 334 g/mol. The number of imidazole rings is 1. The number of fused-ring (bicyclic) bond motifs is 1.